The van der Waals surface area contributed by atoms with Crippen LogP contribution in [-0.2, 0) is 4.79 Å². The number of methoxy groups -OCH3 is 1. The van der Waals surface area contributed by atoms with Crippen LogP contribution in [0.5, 0.6) is 5.75 Å². The monoisotopic (exact) mass is 239 g/mol. The number of carbonyl (C=O) groups excluding carboxylic acids is 1. The number of carbonyl (C=O) groups is 1. The molecular formula is C10H13N3O4. The van der Waals surface area contributed by atoms with E-state index in [4.69, 9.17) is 10.5 Å². The van der Waals surface area contributed by atoms with Gasteiger partial charge in [0, 0.05) is 12.1 Å². The molecule has 3 N–H and O–H groups in total. The number of nitro groups is 1. The number of ether oxygens (including phenoxy) is 1. The third-order valence-corrected chi connectivity index (χ3v) is 2.07. The van der Waals surface area contributed by atoms with Crippen LogP contribution < -0.4 is 15.8 Å². The van der Waals surface area contributed by atoms with Crippen molar-refractivity contribution in [2.75, 3.05) is 12.4 Å². The predicted octanol–water partition coefficient (Wildman–Crippen LogP) is 0.889. The second-order valence-electron chi connectivity index (χ2n) is 3.42. The summed E-state index contributed by atoms with van der Waals surface area (Å²) in [6.07, 6.45) is 0. The maximum Gasteiger partial charge on any atom is 0.271 e. The fourth-order valence-electron chi connectivity index (χ4n) is 1.15. The lowest BCUT2D eigenvalue weighted by Crippen LogP contribution is -2.32. The lowest BCUT2D eigenvalue weighted by molar-refractivity contribution is -0.384. The molecule has 0 aliphatic rings. The fourth-order valence-corrected chi connectivity index (χ4v) is 1.15. The third-order valence-electron chi connectivity index (χ3n) is 2.07. The molecule has 92 valence electrons. The summed E-state index contributed by atoms with van der Waals surface area (Å²) in [5.41, 5.74) is 5.48. The minimum Gasteiger partial charge on any atom is -0.495 e. The highest BCUT2D eigenvalue weighted by Crippen LogP contribution is 2.28. The standard InChI is InChI=1S/C10H13N3O4/c1-6(11)10(14)12-8-5-7(13(15)16)3-4-9(8)17-2/h3-6H,11H2,1-2H3,(H,12,14)/t6-/m0/s1. The van der Waals surface area contributed by atoms with E-state index in [-0.39, 0.29) is 11.4 Å². The molecule has 1 atom stereocenters. The highest BCUT2D eigenvalue weighted by molar-refractivity contribution is 5.96. The maximum absolute atomic E-state index is 11.4. The van der Waals surface area contributed by atoms with Gasteiger partial charge in [0.15, 0.2) is 0 Å². The number of hydrogen-bond donors (Lipinski definition) is 2. The minimum atomic E-state index is -0.709. The van der Waals surface area contributed by atoms with Gasteiger partial charge in [0.2, 0.25) is 5.91 Å². The van der Waals surface area contributed by atoms with Gasteiger partial charge in [-0.3, -0.25) is 14.9 Å². The first kappa shape index (κ1) is 12.9. The molecule has 0 aliphatic heterocycles. The van der Waals surface area contributed by atoms with Crippen LogP contribution in [0.4, 0.5) is 11.4 Å². The lowest BCUT2D eigenvalue weighted by Gasteiger charge is -2.11. The van der Waals surface area contributed by atoms with Crippen molar-refractivity contribution in [3.63, 3.8) is 0 Å². The van der Waals surface area contributed by atoms with E-state index in [0.717, 1.165) is 0 Å². The summed E-state index contributed by atoms with van der Waals surface area (Å²) in [5.74, 6) is -0.103. The van der Waals surface area contributed by atoms with Gasteiger partial charge in [0.1, 0.15) is 5.75 Å². The molecule has 1 rings (SSSR count). The molecule has 0 bridgehead atoms. The molecule has 0 aliphatic carbocycles. The topological polar surface area (TPSA) is 107 Å². The Morgan fingerprint density at radius 1 is 1.59 bits per heavy atom. The van der Waals surface area contributed by atoms with Gasteiger partial charge < -0.3 is 15.8 Å². The van der Waals surface area contributed by atoms with Gasteiger partial charge in [0.05, 0.1) is 23.8 Å². The quantitative estimate of drug-likeness (QED) is 0.599. The number of nitrogens with two attached hydrogens (primary N) is 1. The van der Waals surface area contributed by atoms with Crippen molar-refractivity contribution < 1.29 is 14.5 Å². The summed E-state index contributed by atoms with van der Waals surface area (Å²) in [5, 5.41) is 13.1. The smallest absolute Gasteiger partial charge is 0.271 e. The van der Waals surface area contributed by atoms with Crippen molar-refractivity contribution in [1.29, 1.82) is 0 Å². The third kappa shape index (κ3) is 3.15. The predicted molar refractivity (Wildman–Crippen MR) is 61.9 cm³/mol. The van der Waals surface area contributed by atoms with Gasteiger partial charge >= 0.3 is 0 Å². The molecule has 0 aromatic heterocycles. The van der Waals surface area contributed by atoms with Crippen molar-refractivity contribution in [3.05, 3.63) is 28.3 Å². The van der Waals surface area contributed by atoms with Crippen LogP contribution in [0.3, 0.4) is 0 Å². The molecule has 7 heteroatoms. The maximum atomic E-state index is 11.4. The summed E-state index contributed by atoms with van der Waals surface area (Å²) in [4.78, 5) is 21.4. The van der Waals surface area contributed by atoms with Crippen LogP contribution in [0.2, 0.25) is 0 Å². The number of nitrogens with zero attached hydrogens (tertiary/aromatic N) is 1. The van der Waals surface area contributed by atoms with Crippen LogP contribution in [0, 0.1) is 10.1 Å². The first-order chi connectivity index (χ1) is 7.95. The molecule has 0 saturated carbocycles. The first-order valence-corrected chi connectivity index (χ1v) is 4.84. The van der Waals surface area contributed by atoms with Crippen LogP contribution in [0.25, 0.3) is 0 Å². The molecule has 0 saturated heterocycles. The number of non-ortho nitro benzene ring substituents is 1. The van der Waals surface area contributed by atoms with E-state index in [1.54, 1.807) is 0 Å². The van der Waals surface area contributed by atoms with Gasteiger partial charge in [-0.1, -0.05) is 0 Å². The molecule has 17 heavy (non-hydrogen) atoms. The van der Waals surface area contributed by atoms with Gasteiger partial charge in [-0.25, -0.2) is 0 Å². The van der Waals surface area contributed by atoms with E-state index >= 15 is 0 Å². The molecule has 1 aromatic rings. The number of nitro benzene ring substituents is 1. The number of amides is 1. The highest BCUT2D eigenvalue weighted by atomic mass is 16.6. The van der Waals surface area contributed by atoms with E-state index < -0.39 is 16.9 Å². The zero-order valence-corrected chi connectivity index (χ0v) is 9.47. The van der Waals surface area contributed by atoms with Crippen molar-refractivity contribution in [1.82, 2.24) is 0 Å². The molecule has 1 amide bonds. The summed E-state index contributed by atoms with van der Waals surface area (Å²) in [7, 11) is 1.41. The Balaban J connectivity index is 3.06. The lowest BCUT2D eigenvalue weighted by atomic mass is 10.2. The molecule has 0 spiro atoms. The normalized spacial score (nSPS) is 11.7. The van der Waals surface area contributed by atoms with E-state index in [0.29, 0.717) is 5.75 Å². The van der Waals surface area contributed by atoms with Crippen molar-refractivity contribution in [2.45, 2.75) is 13.0 Å². The van der Waals surface area contributed by atoms with Crippen molar-refractivity contribution in [3.8, 4) is 5.75 Å². The average molecular weight is 239 g/mol. The molecular weight excluding hydrogens is 226 g/mol. The minimum absolute atomic E-state index is 0.134. The summed E-state index contributed by atoms with van der Waals surface area (Å²) >= 11 is 0. The largest absolute Gasteiger partial charge is 0.495 e. The zero-order valence-electron chi connectivity index (χ0n) is 9.47. The summed E-state index contributed by atoms with van der Waals surface area (Å²) in [6, 6.07) is 3.22. The number of nitrogens with one attached hydrogen (secondary N) is 1. The Hall–Kier alpha value is -2.15. The number of anilines is 1. The summed E-state index contributed by atoms with van der Waals surface area (Å²) < 4.78 is 4.98. The summed E-state index contributed by atoms with van der Waals surface area (Å²) in [6.45, 7) is 1.51. The van der Waals surface area contributed by atoms with Crippen LogP contribution in [0.1, 0.15) is 6.92 Å². The van der Waals surface area contributed by atoms with Crippen molar-refractivity contribution in [2.24, 2.45) is 5.73 Å². The van der Waals surface area contributed by atoms with E-state index in [2.05, 4.69) is 5.32 Å². The Morgan fingerprint density at radius 2 is 2.24 bits per heavy atom. The molecule has 0 radical (unpaired) electrons. The molecule has 7 nitrogen and oxygen atoms in total. The van der Waals surface area contributed by atoms with E-state index in [9.17, 15) is 14.9 Å². The average Bonchev–Trinajstić information content (AvgIpc) is 2.28. The molecule has 0 unspecified atom stereocenters. The Labute approximate surface area is 97.7 Å². The van der Waals surface area contributed by atoms with Gasteiger partial charge in [-0.15, -0.1) is 0 Å². The van der Waals surface area contributed by atoms with Crippen LogP contribution in [0.15, 0.2) is 18.2 Å². The molecule has 0 fully saturated rings. The fraction of sp³-hybridized carbons (Fsp3) is 0.300. The number of hydrogen-bond acceptors (Lipinski definition) is 5. The van der Waals surface area contributed by atoms with Crippen LogP contribution in [-0.4, -0.2) is 24.0 Å². The molecule has 0 heterocycles. The Bertz CT molecular complexity index is 445. The number of benzene rings is 1. The van der Waals surface area contributed by atoms with Gasteiger partial charge in [-0.2, -0.15) is 0 Å². The Morgan fingerprint density at radius 3 is 2.71 bits per heavy atom. The van der Waals surface area contributed by atoms with E-state index in [1.807, 2.05) is 0 Å². The van der Waals surface area contributed by atoms with Crippen LogP contribution >= 0.6 is 0 Å². The van der Waals surface area contributed by atoms with E-state index in [1.165, 1.54) is 32.2 Å². The first-order valence-electron chi connectivity index (χ1n) is 4.84. The van der Waals surface area contributed by atoms with Gasteiger partial charge in [0.25, 0.3) is 5.69 Å². The second-order valence-corrected chi connectivity index (χ2v) is 3.42. The zero-order chi connectivity index (χ0) is 13.0. The second kappa shape index (κ2) is 5.26. The van der Waals surface area contributed by atoms with Crippen molar-refractivity contribution >= 4 is 17.3 Å². The highest BCUT2D eigenvalue weighted by Gasteiger charge is 2.15. The Kier molecular flexibility index (Phi) is 4.00. The number of rotatable bonds is 4. The van der Waals surface area contributed by atoms with Gasteiger partial charge in [-0.05, 0) is 13.0 Å². The molecule has 1 aromatic carbocycles. The SMILES string of the molecule is COc1ccc([N+](=O)[O-])cc1NC(=O)[C@H](C)N.